The summed E-state index contributed by atoms with van der Waals surface area (Å²) >= 11 is 0. The van der Waals surface area contributed by atoms with E-state index in [9.17, 15) is 9.59 Å². The number of benzene rings is 1. The highest BCUT2D eigenvalue weighted by molar-refractivity contribution is 6.74. The molecule has 4 aromatic rings. The maximum atomic E-state index is 13.6. The summed E-state index contributed by atoms with van der Waals surface area (Å²) in [7, 11) is -2.18. The summed E-state index contributed by atoms with van der Waals surface area (Å²) in [5.74, 6) is 1.35. The van der Waals surface area contributed by atoms with Gasteiger partial charge in [-0.3, -0.25) is 9.78 Å². The number of furan rings is 1. The Morgan fingerprint density at radius 1 is 0.980 bits per heavy atom. The van der Waals surface area contributed by atoms with E-state index in [1.54, 1.807) is 18.5 Å². The highest BCUT2D eigenvalue weighted by atomic mass is 28.4. The minimum absolute atomic E-state index is 0.000378. The Hall–Kier alpha value is -4.22. The van der Waals surface area contributed by atoms with Crippen LogP contribution in [0.5, 0.6) is 0 Å². The summed E-state index contributed by atoms with van der Waals surface area (Å²) < 4.78 is 18.8. The molecule has 1 aliphatic carbocycles. The van der Waals surface area contributed by atoms with Crippen LogP contribution in [-0.2, 0) is 9.16 Å². The topological polar surface area (TPSA) is 119 Å². The van der Waals surface area contributed by atoms with Gasteiger partial charge in [0.05, 0.1) is 29.7 Å². The summed E-state index contributed by atoms with van der Waals surface area (Å²) in [6, 6.07) is 17.7. The van der Waals surface area contributed by atoms with Crippen molar-refractivity contribution in [3.05, 3.63) is 84.0 Å². The molecule has 6 rings (SSSR count). The van der Waals surface area contributed by atoms with Gasteiger partial charge < -0.3 is 29.1 Å². The number of carbonyl (C=O) groups excluding carboxylic acids is 2. The largest absolute Gasteiger partial charge is 0.444 e. The molecule has 266 valence electrons. The lowest BCUT2D eigenvalue weighted by Crippen LogP contribution is -2.63. The van der Waals surface area contributed by atoms with Gasteiger partial charge in [0.2, 0.25) is 5.71 Å². The van der Waals surface area contributed by atoms with Crippen molar-refractivity contribution >= 4 is 42.8 Å². The average Bonchev–Trinajstić information content (AvgIpc) is 3.72. The number of ether oxygens (including phenoxy) is 1. The molecule has 5 atom stereocenters. The first-order valence-electron chi connectivity index (χ1n) is 17.6. The third kappa shape index (κ3) is 7.89. The number of nitrogens with one attached hydrogen (secondary N) is 2. The summed E-state index contributed by atoms with van der Waals surface area (Å²) in [5.41, 5.74) is 2.72. The molecule has 1 saturated heterocycles. The number of anilines is 2. The minimum atomic E-state index is -2.18. The molecule has 1 saturated carbocycles. The van der Waals surface area contributed by atoms with Crippen molar-refractivity contribution in [3.8, 4) is 0 Å². The van der Waals surface area contributed by atoms with Gasteiger partial charge in [-0.05, 0) is 81.1 Å². The fraction of sp³-hybridized carbons (Fsp3) is 0.487. The third-order valence-electron chi connectivity index (χ3n) is 10.2. The number of amides is 2. The van der Waals surface area contributed by atoms with Gasteiger partial charge in [0, 0.05) is 36.5 Å². The van der Waals surface area contributed by atoms with Gasteiger partial charge in [-0.25, -0.2) is 9.78 Å². The highest BCUT2D eigenvalue weighted by Gasteiger charge is 2.45. The smallest absolute Gasteiger partial charge is 0.408 e. The minimum Gasteiger partial charge on any atom is -0.444 e. The lowest BCUT2D eigenvalue weighted by atomic mass is 9.92. The number of pyridine rings is 2. The normalized spacial score (nSPS) is 22.7. The molecule has 1 aliphatic heterocycles. The molecule has 0 unspecified atom stereocenters. The van der Waals surface area contributed by atoms with Crippen LogP contribution in [-0.4, -0.2) is 61.1 Å². The summed E-state index contributed by atoms with van der Waals surface area (Å²) in [6.07, 6.45) is 3.69. The zero-order valence-corrected chi connectivity index (χ0v) is 31.7. The van der Waals surface area contributed by atoms with Crippen LogP contribution in [0.15, 0.2) is 71.4 Å². The number of alkyl carbamates (subject to hydrolysis) is 1. The SMILES string of the molecule is C[C@H]1CN(c2ccncc2NC(=O)c2ccc3cc([C@@H]4C[C@H]4c4ccccc4)oc3n2)C[C@@H](NC(=O)OC(C)(C)C)[C@@H]1O[Si](C)(C)C(C)(C)C. The van der Waals surface area contributed by atoms with Gasteiger partial charge in [-0.2, -0.15) is 0 Å². The fourth-order valence-electron chi connectivity index (χ4n) is 6.53. The van der Waals surface area contributed by atoms with E-state index < -0.39 is 20.0 Å². The van der Waals surface area contributed by atoms with Crippen molar-refractivity contribution < 1.29 is 23.2 Å². The van der Waals surface area contributed by atoms with Crippen LogP contribution in [0, 0.1) is 5.92 Å². The van der Waals surface area contributed by atoms with Gasteiger partial charge in [-0.15, -0.1) is 0 Å². The quantitative estimate of drug-likeness (QED) is 0.176. The molecule has 0 radical (unpaired) electrons. The number of piperidine rings is 1. The van der Waals surface area contributed by atoms with Crippen LogP contribution in [0.3, 0.4) is 0 Å². The Labute approximate surface area is 296 Å². The molecule has 4 heterocycles. The number of carbonyl (C=O) groups is 2. The van der Waals surface area contributed by atoms with Crippen molar-refractivity contribution in [1.82, 2.24) is 15.3 Å². The molecule has 2 aliphatic rings. The number of rotatable bonds is 8. The molecular weight excluding hydrogens is 647 g/mol. The number of hydrogen-bond donors (Lipinski definition) is 2. The molecule has 50 heavy (non-hydrogen) atoms. The van der Waals surface area contributed by atoms with Crippen LogP contribution in [0.4, 0.5) is 16.2 Å². The molecule has 1 aromatic carbocycles. The maximum absolute atomic E-state index is 13.6. The third-order valence-corrected chi connectivity index (χ3v) is 14.7. The number of fused-ring (bicyclic) bond motifs is 1. The van der Waals surface area contributed by atoms with Crippen LogP contribution >= 0.6 is 0 Å². The standard InChI is InChI=1S/C39H51N5O5Si/c1-24-22-44(23-31(43-37(46)48-38(2,3)4)34(24)49-50(8,9)39(5,6)7)32-17-18-40-21-30(32)41-35(45)29-16-15-26-19-33(47-36(26)42-29)28-20-27(28)25-13-11-10-12-14-25/h10-19,21,24,27-28,31,34H,20,22-23H2,1-9H3,(H,41,45)(H,43,46)/t24-,27-,28+,31+,34+/m0/s1. The van der Waals surface area contributed by atoms with Crippen molar-refractivity contribution in [3.63, 3.8) is 0 Å². The summed E-state index contributed by atoms with van der Waals surface area (Å²) in [5, 5.41) is 7.05. The number of aromatic nitrogens is 2. The Morgan fingerprint density at radius 2 is 1.72 bits per heavy atom. The molecule has 3 aromatic heterocycles. The van der Waals surface area contributed by atoms with E-state index in [2.05, 4.69) is 90.6 Å². The highest BCUT2D eigenvalue weighted by Crippen LogP contribution is 2.55. The molecule has 11 heteroatoms. The van der Waals surface area contributed by atoms with Crippen LogP contribution in [0.2, 0.25) is 18.1 Å². The van der Waals surface area contributed by atoms with Gasteiger partial charge in [0.25, 0.3) is 5.91 Å². The average molecular weight is 698 g/mol. The molecule has 2 N–H and O–H groups in total. The Kier molecular flexibility index (Phi) is 9.60. The molecule has 0 spiro atoms. The van der Waals surface area contributed by atoms with E-state index in [1.807, 2.05) is 45.0 Å². The second kappa shape index (κ2) is 13.5. The van der Waals surface area contributed by atoms with E-state index in [0.29, 0.717) is 36.3 Å². The predicted octanol–water partition coefficient (Wildman–Crippen LogP) is 8.49. The Bertz CT molecular complexity index is 1850. The van der Waals surface area contributed by atoms with E-state index in [1.165, 1.54) is 5.56 Å². The monoisotopic (exact) mass is 697 g/mol. The molecular formula is C39H51N5O5Si. The Balaban J connectivity index is 1.20. The van der Waals surface area contributed by atoms with E-state index >= 15 is 0 Å². The van der Waals surface area contributed by atoms with Crippen LogP contribution in [0.1, 0.15) is 88.5 Å². The first-order valence-corrected chi connectivity index (χ1v) is 20.5. The molecule has 10 nitrogen and oxygen atoms in total. The van der Waals surface area contributed by atoms with E-state index in [-0.39, 0.29) is 34.7 Å². The molecule has 2 amide bonds. The van der Waals surface area contributed by atoms with Crippen molar-refractivity contribution in [2.45, 2.75) is 103 Å². The molecule has 0 bridgehead atoms. The predicted molar refractivity (Wildman–Crippen MR) is 199 cm³/mol. The Morgan fingerprint density at radius 3 is 2.42 bits per heavy atom. The second-order valence-corrected chi connectivity index (χ2v) is 21.2. The van der Waals surface area contributed by atoms with Gasteiger partial charge in [0.15, 0.2) is 8.32 Å². The maximum Gasteiger partial charge on any atom is 0.408 e. The van der Waals surface area contributed by atoms with Crippen LogP contribution in [0.25, 0.3) is 11.1 Å². The first-order chi connectivity index (χ1) is 23.5. The zero-order chi connectivity index (χ0) is 36.0. The summed E-state index contributed by atoms with van der Waals surface area (Å²) in [4.78, 5) is 37.8. The van der Waals surface area contributed by atoms with Gasteiger partial charge in [-0.1, -0.05) is 58.0 Å². The van der Waals surface area contributed by atoms with Crippen LogP contribution < -0.4 is 15.5 Å². The van der Waals surface area contributed by atoms with E-state index in [0.717, 1.165) is 23.3 Å². The van der Waals surface area contributed by atoms with Gasteiger partial charge in [0.1, 0.15) is 17.1 Å². The number of hydrogen-bond acceptors (Lipinski definition) is 8. The van der Waals surface area contributed by atoms with E-state index in [4.69, 9.17) is 13.6 Å². The number of nitrogens with zero attached hydrogens (tertiary/aromatic N) is 3. The van der Waals surface area contributed by atoms with Gasteiger partial charge >= 0.3 is 6.09 Å². The van der Waals surface area contributed by atoms with Crippen molar-refractivity contribution in [1.29, 1.82) is 0 Å². The van der Waals surface area contributed by atoms with Crippen molar-refractivity contribution in [2.24, 2.45) is 5.92 Å². The zero-order valence-electron chi connectivity index (χ0n) is 30.7. The first kappa shape index (κ1) is 35.6. The second-order valence-electron chi connectivity index (χ2n) is 16.4. The lowest BCUT2D eigenvalue weighted by Gasteiger charge is -2.48. The summed E-state index contributed by atoms with van der Waals surface area (Å²) in [6.45, 7) is 19.9. The fourth-order valence-corrected chi connectivity index (χ4v) is 7.96. The van der Waals surface area contributed by atoms with Crippen molar-refractivity contribution in [2.75, 3.05) is 23.3 Å². The molecule has 2 fully saturated rings. The lowest BCUT2D eigenvalue weighted by molar-refractivity contribution is 0.0336.